The first kappa shape index (κ1) is 71.4. The molecule has 0 heterocycles. The third-order valence-corrected chi connectivity index (χ3v) is 16.9. The van der Waals surface area contributed by atoms with E-state index in [0.717, 1.165) is 38.5 Å². The molecule has 1 aliphatic rings. The first-order valence-corrected chi connectivity index (χ1v) is 34.5. The Labute approximate surface area is 468 Å². The molecule has 0 aliphatic heterocycles. The fraction of sp³-hybridized carbons (Fsp3) is 0.957. The molecule has 444 valence electrons. The Morgan fingerprint density at radius 3 is 0.467 bits per heavy atom. The van der Waals surface area contributed by atoms with E-state index < -0.39 is 17.8 Å². The van der Waals surface area contributed by atoms with Gasteiger partial charge >= 0.3 is 17.9 Å². The van der Waals surface area contributed by atoms with Gasteiger partial charge in [-0.3, -0.25) is 14.4 Å². The molecule has 0 saturated heterocycles. The van der Waals surface area contributed by atoms with E-state index in [9.17, 15) is 14.4 Å². The minimum atomic E-state index is -0.473. The Hall–Kier alpha value is -1.59. The summed E-state index contributed by atoms with van der Waals surface area (Å²) in [5, 5.41) is 0. The van der Waals surface area contributed by atoms with Crippen LogP contribution < -0.4 is 0 Å². The molecule has 0 atom stereocenters. The zero-order chi connectivity index (χ0) is 54.0. The van der Waals surface area contributed by atoms with Crippen molar-refractivity contribution in [3.8, 4) is 0 Å². The van der Waals surface area contributed by atoms with Crippen LogP contribution in [-0.4, -0.2) is 37.7 Å². The smallest absolute Gasteiger partial charge is 0.308 e. The van der Waals surface area contributed by atoms with Gasteiger partial charge in [0.25, 0.3) is 0 Å². The number of hydrogen-bond acceptors (Lipinski definition) is 6. The standard InChI is InChI=1S/C69H132O6/c1-4-7-10-13-16-19-22-25-28-31-34-37-40-43-46-49-52-55-58-73-67(70)64-61-65(68(71)74-59-56-53-50-47-44-41-38-35-32-29-26-23-20-17-14-11-8-5-2)63-66(62-64)69(72)75-60-57-54-51-48-45-42-39-36-33-30-27-24-21-18-15-12-9-6-3/h64-66H,4-63H2,1-3H3. The number of unbranched alkanes of at least 4 members (excludes halogenated alkanes) is 51. The Bertz CT molecular complexity index is 1040. The zero-order valence-corrected chi connectivity index (χ0v) is 51.1. The van der Waals surface area contributed by atoms with Gasteiger partial charge in [-0.1, -0.05) is 348 Å². The predicted octanol–water partition coefficient (Wildman–Crippen LogP) is 22.8. The highest BCUT2D eigenvalue weighted by molar-refractivity contribution is 5.80. The lowest BCUT2D eigenvalue weighted by molar-refractivity contribution is -0.161. The highest BCUT2D eigenvalue weighted by Crippen LogP contribution is 2.36. The second-order valence-corrected chi connectivity index (χ2v) is 24.3. The molecule has 0 radical (unpaired) electrons. The topological polar surface area (TPSA) is 78.9 Å². The third-order valence-electron chi connectivity index (χ3n) is 16.9. The lowest BCUT2D eigenvalue weighted by Crippen LogP contribution is -2.37. The van der Waals surface area contributed by atoms with Gasteiger partial charge in [0.2, 0.25) is 0 Å². The summed E-state index contributed by atoms with van der Waals surface area (Å²) in [6, 6.07) is 0. The maximum Gasteiger partial charge on any atom is 0.308 e. The summed E-state index contributed by atoms with van der Waals surface area (Å²) < 4.78 is 17.5. The summed E-state index contributed by atoms with van der Waals surface area (Å²) >= 11 is 0. The molecule has 0 spiro atoms. The van der Waals surface area contributed by atoms with Crippen molar-refractivity contribution in [1.82, 2.24) is 0 Å². The van der Waals surface area contributed by atoms with Crippen molar-refractivity contribution >= 4 is 17.9 Å². The summed E-state index contributed by atoms with van der Waals surface area (Å²) in [4.78, 5) is 40.4. The molecule has 0 aromatic heterocycles. The maximum atomic E-state index is 13.5. The Morgan fingerprint density at radius 2 is 0.333 bits per heavy atom. The van der Waals surface area contributed by atoms with Gasteiger partial charge < -0.3 is 14.2 Å². The van der Waals surface area contributed by atoms with Crippen LogP contribution in [0.1, 0.15) is 387 Å². The van der Waals surface area contributed by atoms with Gasteiger partial charge in [0.15, 0.2) is 0 Å². The number of carbonyl (C=O) groups is 3. The zero-order valence-electron chi connectivity index (χ0n) is 51.1. The molecule has 1 rings (SSSR count). The van der Waals surface area contributed by atoms with E-state index >= 15 is 0 Å². The summed E-state index contributed by atoms with van der Waals surface area (Å²) in [5.41, 5.74) is 0. The highest BCUT2D eigenvalue weighted by Gasteiger charge is 2.41. The van der Waals surface area contributed by atoms with E-state index in [1.807, 2.05) is 0 Å². The number of esters is 3. The van der Waals surface area contributed by atoms with Crippen LogP contribution in [0, 0.1) is 17.8 Å². The highest BCUT2D eigenvalue weighted by atomic mass is 16.5. The maximum absolute atomic E-state index is 13.5. The van der Waals surface area contributed by atoms with Gasteiger partial charge in [-0.2, -0.15) is 0 Å². The van der Waals surface area contributed by atoms with Crippen molar-refractivity contribution in [3.05, 3.63) is 0 Å². The molecule has 0 N–H and O–H groups in total. The van der Waals surface area contributed by atoms with Crippen LogP contribution in [-0.2, 0) is 28.6 Å². The fourth-order valence-corrected chi connectivity index (χ4v) is 11.8. The summed E-state index contributed by atoms with van der Waals surface area (Å²) in [5.74, 6) is -2.20. The summed E-state index contributed by atoms with van der Waals surface area (Å²) in [6.07, 6.45) is 72.7. The second-order valence-electron chi connectivity index (χ2n) is 24.3. The number of hydrogen-bond donors (Lipinski definition) is 0. The summed E-state index contributed by atoms with van der Waals surface area (Å²) in [6.45, 7) is 8.11. The normalized spacial score (nSPS) is 15.6. The van der Waals surface area contributed by atoms with Crippen LogP contribution in [0.25, 0.3) is 0 Å². The van der Waals surface area contributed by atoms with Crippen LogP contribution in [0.5, 0.6) is 0 Å². The molecule has 0 aromatic carbocycles. The van der Waals surface area contributed by atoms with Crippen molar-refractivity contribution in [3.63, 3.8) is 0 Å². The molecule has 1 fully saturated rings. The van der Waals surface area contributed by atoms with Crippen LogP contribution in [0.2, 0.25) is 0 Å². The molecule has 0 aromatic rings. The van der Waals surface area contributed by atoms with Gasteiger partial charge in [0.05, 0.1) is 37.6 Å². The number of rotatable bonds is 60. The van der Waals surface area contributed by atoms with Crippen molar-refractivity contribution in [2.75, 3.05) is 19.8 Å². The lowest BCUT2D eigenvalue weighted by atomic mass is 9.75. The van der Waals surface area contributed by atoms with Gasteiger partial charge in [-0.15, -0.1) is 0 Å². The van der Waals surface area contributed by atoms with Crippen LogP contribution in [0.4, 0.5) is 0 Å². The Morgan fingerprint density at radius 1 is 0.213 bits per heavy atom. The molecule has 6 heteroatoms. The molecule has 0 unspecified atom stereocenters. The molecule has 1 saturated carbocycles. The van der Waals surface area contributed by atoms with E-state index in [0.29, 0.717) is 39.1 Å². The predicted molar refractivity (Wildman–Crippen MR) is 324 cm³/mol. The van der Waals surface area contributed by atoms with E-state index in [4.69, 9.17) is 14.2 Å². The van der Waals surface area contributed by atoms with Crippen LogP contribution in [0.3, 0.4) is 0 Å². The summed E-state index contributed by atoms with van der Waals surface area (Å²) in [7, 11) is 0. The van der Waals surface area contributed by atoms with E-state index in [1.54, 1.807) is 0 Å². The molecule has 6 nitrogen and oxygen atoms in total. The number of carbonyl (C=O) groups excluding carboxylic acids is 3. The van der Waals surface area contributed by atoms with Crippen molar-refractivity contribution in [2.45, 2.75) is 387 Å². The SMILES string of the molecule is CCCCCCCCCCCCCCCCCCCCOC(=O)C1CC(C(=O)OCCCCCCCCCCCCCCCCCCCC)CC(C(=O)OCCCCCCCCCCCCCCCCCCCC)C1. The quantitative estimate of drug-likeness (QED) is 0.0343. The first-order chi connectivity index (χ1) is 37.0. The fourth-order valence-electron chi connectivity index (χ4n) is 11.8. The molecule has 0 amide bonds. The Kier molecular flexibility index (Phi) is 55.8. The largest absolute Gasteiger partial charge is 0.465 e. The molecular weight excluding hydrogens is 925 g/mol. The van der Waals surface area contributed by atoms with Crippen LogP contribution >= 0.6 is 0 Å². The number of ether oxygens (including phenoxy) is 3. The van der Waals surface area contributed by atoms with E-state index in [2.05, 4.69) is 20.8 Å². The monoisotopic (exact) mass is 1060 g/mol. The molecule has 1 aliphatic carbocycles. The Balaban J connectivity index is 2.32. The first-order valence-electron chi connectivity index (χ1n) is 34.5. The second kappa shape index (κ2) is 58.6. The van der Waals surface area contributed by atoms with Gasteiger partial charge in [-0.05, 0) is 38.5 Å². The minimum Gasteiger partial charge on any atom is -0.465 e. The molecule has 0 bridgehead atoms. The van der Waals surface area contributed by atoms with Crippen molar-refractivity contribution < 1.29 is 28.6 Å². The average molecular weight is 1060 g/mol. The van der Waals surface area contributed by atoms with Crippen LogP contribution in [0.15, 0.2) is 0 Å². The van der Waals surface area contributed by atoms with Gasteiger partial charge in [0, 0.05) is 0 Å². The van der Waals surface area contributed by atoms with E-state index in [-0.39, 0.29) is 17.9 Å². The van der Waals surface area contributed by atoms with Gasteiger partial charge in [0.1, 0.15) is 0 Å². The van der Waals surface area contributed by atoms with E-state index in [1.165, 1.54) is 308 Å². The van der Waals surface area contributed by atoms with Gasteiger partial charge in [-0.25, -0.2) is 0 Å². The lowest BCUT2D eigenvalue weighted by Gasteiger charge is -2.31. The minimum absolute atomic E-state index is 0.260. The molecular formula is C69H132O6. The average Bonchev–Trinajstić information content (AvgIpc) is 3.42. The van der Waals surface area contributed by atoms with Crippen molar-refractivity contribution in [1.29, 1.82) is 0 Å². The third kappa shape index (κ3) is 49.2. The molecule has 75 heavy (non-hydrogen) atoms. The van der Waals surface area contributed by atoms with Crippen molar-refractivity contribution in [2.24, 2.45) is 17.8 Å².